The van der Waals surface area contributed by atoms with Gasteiger partial charge in [-0.25, -0.2) is 0 Å². The number of carbonyl (C=O) groups excluding carboxylic acids is 1. The molecule has 0 saturated heterocycles. The first kappa shape index (κ1) is 21.7. The summed E-state index contributed by atoms with van der Waals surface area (Å²) in [6.07, 6.45) is -4.63. The van der Waals surface area contributed by atoms with Gasteiger partial charge in [-0.15, -0.1) is 10.2 Å². The van der Waals surface area contributed by atoms with Crippen LogP contribution in [0.3, 0.4) is 0 Å². The highest BCUT2D eigenvalue weighted by Crippen LogP contribution is 2.32. The van der Waals surface area contributed by atoms with Crippen molar-refractivity contribution in [2.75, 3.05) is 12.9 Å². The molecule has 0 bridgehead atoms. The molecule has 2 aromatic carbocycles. The molecule has 0 saturated carbocycles. The van der Waals surface area contributed by atoms with Gasteiger partial charge in [-0.2, -0.15) is 13.2 Å². The number of para-hydroxylation sites is 2. The molecule has 0 aliphatic rings. The number of nitrogens with one attached hydrogen (secondary N) is 1. The van der Waals surface area contributed by atoms with Gasteiger partial charge in [0.15, 0.2) is 11.0 Å². The molecule has 3 rings (SSSR count). The fourth-order valence-corrected chi connectivity index (χ4v) is 3.57. The van der Waals surface area contributed by atoms with Crippen molar-refractivity contribution in [2.24, 2.45) is 0 Å². The summed E-state index contributed by atoms with van der Waals surface area (Å²) < 4.78 is 46.7. The first-order chi connectivity index (χ1) is 14.4. The summed E-state index contributed by atoms with van der Waals surface area (Å²) in [6, 6.07) is 11.9. The smallest absolute Gasteiger partial charge is 0.417 e. The second-order valence-corrected chi connectivity index (χ2v) is 7.30. The van der Waals surface area contributed by atoms with E-state index in [4.69, 9.17) is 4.74 Å². The average Bonchev–Trinajstić information content (AvgIpc) is 3.14. The van der Waals surface area contributed by atoms with Crippen molar-refractivity contribution >= 4 is 17.7 Å². The SMILES string of the molecule is CCSc1nnc(CNC(=O)c2ccccc2C(F)(F)F)n1-c1ccccc1OC. The Morgan fingerprint density at radius 3 is 2.53 bits per heavy atom. The second-order valence-electron chi connectivity index (χ2n) is 6.07. The number of ether oxygens (including phenoxy) is 1. The van der Waals surface area contributed by atoms with E-state index in [0.29, 0.717) is 22.4 Å². The van der Waals surface area contributed by atoms with Crippen LogP contribution in [0.4, 0.5) is 13.2 Å². The Bertz CT molecular complexity index is 1040. The van der Waals surface area contributed by atoms with Crippen molar-refractivity contribution in [3.63, 3.8) is 0 Å². The molecule has 0 aliphatic heterocycles. The lowest BCUT2D eigenvalue weighted by atomic mass is 10.1. The topological polar surface area (TPSA) is 69.0 Å². The van der Waals surface area contributed by atoms with Gasteiger partial charge in [0.25, 0.3) is 5.91 Å². The molecule has 0 unspecified atom stereocenters. The molecule has 1 N–H and O–H groups in total. The number of rotatable bonds is 7. The van der Waals surface area contributed by atoms with Crippen molar-refractivity contribution in [3.8, 4) is 11.4 Å². The molecule has 6 nitrogen and oxygen atoms in total. The average molecular weight is 436 g/mol. The largest absolute Gasteiger partial charge is 0.495 e. The van der Waals surface area contributed by atoms with Gasteiger partial charge in [-0.05, 0) is 30.0 Å². The van der Waals surface area contributed by atoms with E-state index in [0.717, 1.165) is 17.9 Å². The summed E-state index contributed by atoms with van der Waals surface area (Å²) in [5.74, 6) is 0.833. The minimum Gasteiger partial charge on any atom is -0.495 e. The number of aromatic nitrogens is 3. The summed E-state index contributed by atoms with van der Waals surface area (Å²) in [7, 11) is 1.53. The molecule has 0 atom stereocenters. The zero-order chi connectivity index (χ0) is 21.7. The van der Waals surface area contributed by atoms with E-state index in [9.17, 15) is 18.0 Å². The van der Waals surface area contributed by atoms with E-state index >= 15 is 0 Å². The molecule has 0 aliphatic carbocycles. The van der Waals surface area contributed by atoms with Crippen LogP contribution < -0.4 is 10.1 Å². The number of halogens is 3. The van der Waals surface area contributed by atoms with E-state index in [-0.39, 0.29) is 6.54 Å². The molecule has 3 aromatic rings. The Balaban J connectivity index is 1.91. The summed E-state index contributed by atoms with van der Waals surface area (Å²) in [6.45, 7) is 1.85. The fraction of sp³-hybridized carbons (Fsp3) is 0.250. The van der Waals surface area contributed by atoms with Crippen LogP contribution in [0.2, 0.25) is 0 Å². The number of thioether (sulfide) groups is 1. The van der Waals surface area contributed by atoms with Crippen LogP contribution in [-0.2, 0) is 12.7 Å². The van der Waals surface area contributed by atoms with Crippen molar-refractivity contribution in [1.82, 2.24) is 20.1 Å². The lowest BCUT2D eigenvalue weighted by molar-refractivity contribution is -0.137. The van der Waals surface area contributed by atoms with Gasteiger partial charge in [0, 0.05) is 0 Å². The highest BCUT2D eigenvalue weighted by atomic mass is 32.2. The third kappa shape index (κ3) is 4.59. The normalized spacial score (nSPS) is 11.4. The highest BCUT2D eigenvalue weighted by molar-refractivity contribution is 7.99. The summed E-state index contributed by atoms with van der Waals surface area (Å²) in [4.78, 5) is 12.5. The standard InChI is InChI=1S/C20H19F3N4O2S/c1-3-30-19-26-25-17(27(19)15-10-6-7-11-16(15)29-2)12-24-18(28)13-8-4-5-9-14(13)20(21,22)23/h4-11H,3,12H2,1-2H3,(H,24,28). The van der Waals surface area contributed by atoms with E-state index in [2.05, 4.69) is 15.5 Å². The van der Waals surface area contributed by atoms with Crippen molar-refractivity contribution < 1.29 is 22.7 Å². The number of hydrogen-bond donors (Lipinski definition) is 1. The molecular formula is C20H19F3N4O2S. The maximum atomic E-state index is 13.2. The number of benzene rings is 2. The van der Waals surface area contributed by atoms with Crippen molar-refractivity contribution in [1.29, 1.82) is 0 Å². The Labute approximate surface area is 175 Å². The Kier molecular flexibility index (Phi) is 6.66. The lowest BCUT2D eigenvalue weighted by Gasteiger charge is -2.15. The van der Waals surface area contributed by atoms with Crippen LogP contribution in [0.1, 0.15) is 28.7 Å². The maximum Gasteiger partial charge on any atom is 0.417 e. The summed E-state index contributed by atoms with van der Waals surface area (Å²) in [5, 5.41) is 11.4. The molecule has 10 heteroatoms. The molecule has 30 heavy (non-hydrogen) atoms. The number of hydrogen-bond acceptors (Lipinski definition) is 5. The van der Waals surface area contributed by atoms with Gasteiger partial charge in [-0.1, -0.05) is 43.0 Å². The van der Waals surface area contributed by atoms with Crippen LogP contribution >= 0.6 is 11.8 Å². The number of amides is 1. The predicted octanol–water partition coefficient (Wildman–Crippen LogP) is 4.34. The minimum atomic E-state index is -4.63. The monoisotopic (exact) mass is 436 g/mol. The van der Waals surface area contributed by atoms with Crippen molar-refractivity contribution in [2.45, 2.75) is 24.8 Å². The molecule has 1 heterocycles. The van der Waals surface area contributed by atoms with Crippen LogP contribution in [0.5, 0.6) is 5.75 Å². The van der Waals surface area contributed by atoms with Gasteiger partial charge in [0.2, 0.25) is 0 Å². The quantitative estimate of drug-likeness (QED) is 0.558. The number of methoxy groups -OCH3 is 1. The minimum absolute atomic E-state index is 0.111. The van der Waals surface area contributed by atoms with Crippen LogP contribution in [0.25, 0.3) is 5.69 Å². The van der Waals surface area contributed by atoms with E-state index in [1.807, 2.05) is 25.1 Å². The number of alkyl halides is 3. The maximum absolute atomic E-state index is 13.2. The Morgan fingerprint density at radius 2 is 1.83 bits per heavy atom. The zero-order valence-corrected chi connectivity index (χ0v) is 17.0. The molecule has 0 radical (unpaired) electrons. The highest BCUT2D eigenvalue weighted by Gasteiger charge is 2.34. The fourth-order valence-electron chi connectivity index (χ4n) is 2.88. The molecule has 0 spiro atoms. The van der Waals surface area contributed by atoms with E-state index < -0.39 is 23.2 Å². The summed E-state index contributed by atoms with van der Waals surface area (Å²) in [5.41, 5.74) is -0.770. The third-order valence-corrected chi connectivity index (χ3v) is 5.00. The molecule has 0 fully saturated rings. The summed E-state index contributed by atoms with van der Waals surface area (Å²) >= 11 is 1.45. The number of nitrogens with zero attached hydrogens (tertiary/aromatic N) is 3. The van der Waals surface area contributed by atoms with E-state index in [1.54, 1.807) is 10.6 Å². The second kappa shape index (κ2) is 9.21. The molecule has 1 amide bonds. The zero-order valence-electron chi connectivity index (χ0n) is 16.2. The van der Waals surface area contributed by atoms with Gasteiger partial charge >= 0.3 is 6.18 Å². The van der Waals surface area contributed by atoms with Crippen molar-refractivity contribution in [3.05, 3.63) is 65.5 Å². The van der Waals surface area contributed by atoms with Gasteiger partial charge in [0.1, 0.15) is 5.75 Å². The Morgan fingerprint density at radius 1 is 1.13 bits per heavy atom. The first-order valence-electron chi connectivity index (χ1n) is 9.01. The van der Waals surface area contributed by atoms with Crippen LogP contribution in [0, 0.1) is 0 Å². The molecular weight excluding hydrogens is 417 g/mol. The van der Waals surface area contributed by atoms with Crippen LogP contribution in [0.15, 0.2) is 53.7 Å². The predicted molar refractivity (Wildman–Crippen MR) is 107 cm³/mol. The molecule has 158 valence electrons. The van der Waals surface area contributed by atoms with E-state index in [1.165, 1.54) is 31.0 Å². The van der Waals surface area contributed by atoms with Gasteiger partial charge < -0.3 is 10.1 Å². The Hall–Kier alpha value is -3.01. The third-order valence-electron chi connectivity index (χ3n) is 4.18. The lowest BCUT2D eigenvalue weighted by Crippen LogP contribution is -2.27. The number of carbonyl (C=O) groups is 1. The van der Waals surface area contributed by atoms with Crippen LogP contribution in [-0.4, -0.2) is 33.5 Å². The molecule has 1 aromatic heterocycles. The van der Waals surface area contributed by atoms with Gasteiger partial charge in [-0.3, -0.25) is 9.36 Å². The van der Waals surface area contributed by atoms with Gasteiger partial charge in [0.05, 0.1) is 30.5 Å². The first-order valence-corrected chi connectivity index (χ1v) is 10.00.